The Kier molecular flexibility index (Phi) is 4.15. The van der Waals surface area contributed by atoms with E-state index in [1.807, 2.05) is 31.2 Å². The van der Waals surface area contributed by atoms with E-state index in [2.05, 4.69) is 10.3 Å². The standard InChI is InChI=1S/C17H18Cl2N2O2/c1-11-3-5-12(6-4-11)14-21-13(9-23-14)7-8-20-15(22)16(2)10-17(16,18)19/h3-6,9H,7-8,10H2,1-2H3,(H,20,22). The molecule has 1 amide bonds. The van der Waals surface area contributed by atoms with Crippen molar-refractivity contribution >= 4 is 29.1 Å². The molecule has 1 aliphatic carbocycles. The van der Waals surface area contributed by atoms with Crippen LogP contribution in [0.5, 0.6) is 0 Å². The van der Waals surface area contributed by atoms with Crippen LogP contribution in [0.3, 0.4) is 0 Å². The molecule has 23 heavy (non-hydrogen) atoms. The molecule has 1 atom stereocenters. The summed E-state index contributed by atoms with van der Waals surface area (Å²) in [5.74, 6) is 0.464. The molecule has 1 aromatic carbocycles. The summed E-state index contributed by atoms with van der Waals surface area (Å²) in [6, 6.07) is 7.98. The average Bonchev–Trinajstić information content (AvgIpc) is 2.86. The van der Waals surface area contributed by atoms with Crippen LogP contribution in [-0.4, -0.2) is 21.8 Å². The third kappa shape index (κ3) is 3.24. The average molecular weight is 353 g/mol. The van der Waals surface area contributed by atoms with Gasteiger partial charge in [-0.05, 0) is 32.4 Å². The normalized spacial score (nSPS) is 21.9. The molecule has 0 bridgehead atoms. The van der Waals surface area contributed by atoms with Gasteiger partial charge in [-0.2, -0.15) is 0 Å². The molecule has 122 valence electrons. The first-order valence-corrected chi connectivity index (χ1v) is 8.25. The number of nitrogens with zero attached hydrogens (tertiary/aromatic N) is 1. The van der Waals surface area contributed by atoms with E-state index >= 15 is 0 Å². The van der Waals surface area contributed by atoms with E-state index in [1.165, 1.54) is 5.56 Å². The Hall–Kier alpha value is -1.52. The molecule has 1 saturated carbocycles. The maximum Gasteiger partial charge on any atom is 0.229 e. The molecule has 1 unspecified atom stereocenters. The Morgan fingerprint density at radius 2 is 2.00 bits per heavy atom. The number of oxazole rings is 1. The molecule has 1 aromatic heterocycles. The van der Waals surface area contributed by atoms with Gasteiger partial charge in [-0.1, -0.05) is 17.7 Å². The van der Waals surface area contributed by atoms with Gasteiger partial charge in [-0.3, -0.25) is 4.79 Å². The minimum Gasteiger partial charge on any atom is -0.444 e. The van der Waals surface area contributed by atoms with E-state index < -0.39 is 9.75 Å². The van der Waals surface area contributed by atoms with E-state index in [1.54, 1.807) is 13.2 Å². The Bertz CT molecular complexity index is 724. The van der Waals surface area contributed by atoms with Crippen molar-refractivity contribution in [2.45, 2.75) is 31.0 Å². The minimum absolute atomic E-state index is 0.121. The fourth-order valence-electron chi connectivity index (χ4n) is 2.40. The molecule has 0 saturated heterocycles. The molecule has 1 fully saturated rings. The minimum atomic E-state index is -0.941. The summed E-state index contributed by atoms with van der Waals surface area (Å²) >= 11 is 12.0. The van der Waals surface area contributed by atoms with Crippen LogP contribution in [0.15, 0.2) is 34.9 Å². The van der Waals surface area contributed by atoms with Crippen molar-refractivity contribution < 1.29 is 9.21 Å². The number of carbonyl (C=O) groups is 1. The first kappa shape index (κ1) is 16.3. The summed E-state index contributed by atoms with van der Waals surface area (Å²) in [7, 11) is 0. The molecule has 0 radical (unpaired) electrons. The predicted octanol–water partition coefficient (Wildman–Crippen LogP) is 3.89. The summed E-state index contributed by atoms with van der Waals surface area (Å²) in [5, 5.41) is 2.86. The van der Waals surface area contributed by atoms with Crippen LogP contribution in [0.4, 0.5) is 0 Å². The molecule has 0 spiro atoms. The first-order valence-electron chi connectivity index (χ1n) is 7.49. The highest BCUT2D eigenvalue weighted by atomic mass is 35.5. The Morgan fingerprint density at radius 1 is 1.35 bits per heavy atom. The summed E-state index contributed by atoms with van der Waals surface area (Å²) < 4.78 is 4.55. The maximum atomic E-state index is 12.1. The smallest absolute Gasteiger partial charge is 0.229 e. The lowest BCUT2D eigenvalue weighted by Gasteiger charge is -2.11. The second-order valence-corrected chi connectivity index (χ2v) is 7.71. The SMILES string of the molecule is Cc1ccc(-c2nc(CCNC(=O)C3(C)CC3(Cl)Cl)co2)cc1. The van der Waals surface area contributed by atoms with Crippen molar-refractivity contribution in [2.24, 2.45) is 5.41 Å². The van der Waals surface area contributed by atoms with E-state index in [4.69, 9.17) is 27.6 Å². The summed E-state index contributed by atoms with van der Waals surface area (Å²) in [4.78, 5) is 16.5. The zero-order valence-corrected chi connectivity index (χ0v) is 14.5. The Morgan fingerprint density at radius 3 is 2.61 bits per heavy atom. The number of halogens is 2. The highest BCUT2D eigenvalue weighted by Gasteiger charge is 2.67. The highest BCUT2D eigenvalue weighted by Crippen LogP contribution is 2.63. The van der Waals surface area contributed by atoms with Crippen molar-refractivity contribution in [3.8, 4) is 11.5 Å². The number of nitrogens with one attached hydrogen (secondary N) is 1. The molecule has 1 aliphatic rings. The van der Waals surface area contributed by atoms with Gasteiger partial charge in [0, 0.05) is 18.5 Å². The van der Waals surface area contributed by atoms with Crippen molar-refractivity contribution in [1.82, 2.24) is 10.3 Å². The summed E-state index contributed by atoms with van der Waals surface area (Å²) in [6.45, 7) is 4.27. The van der Waals surface area contributed by atoms with Crippen LogP contribution in [0.1, 0.15) is 24.6 Å². The van der Waals surface area contributed by atoms with Gasteiger partial charge in [0.1, 0.15) is 10.6 Å². The lowest BCUT2D eigenvalue weighted by molar-refractivity contribution is -0.125. The van der Waals surface area contributed by atoms with E-state index in [9.17, 15) is 4.79 Å². The molecule has 0 aliphatic heterocycles. The Balaban J connectivity index is 1.54. The largest absolute Gasteiger partial charge is 0.444 e. The number of aromatic nitrogens is 1. The number of hydrogen-bond donors (Lipinski definition) is 1. The zero-order valence-electron chi connectivity index (χ0n) is 13.0. The fourth-order valence-corrected chi connectivity index (χ4v) is 3.10. The second-order valence-electron chi connectivity index (χ2n) is 6.23. The molecule has 2 aromatic rings. The van der Waals surface area contributed by atoms with Crippen LogP contribution < -0.4 is 5.32 Å². The molecule has 3 rings (SSSR count). The molecule has 6 heteroatoms. The van der Waals surface area contributed by atoms with Crippen LogP contribution in [0.25, 0.3) is 11.5 Å². The van der Waals surface area contributed by atoms with Gasteiger partial charge in [0.15, 0.2) is 0 Å². The quantitative estimate of drug-likeness (QED) is 0.830. The highest BCUT2D eigenvalue weighted by molar-refractivity contribution is 6.53. The molecular weight excluding hydrogens is 335 g/mol. The predicted molar refractivity (Wildman–Crippen MR) is 90.6 cm³/mol. The van der Waals surface area contributed by atoms with Gasteiger partial charge in [0.25, 0.3) is 0 Å². The van der Waals surface area contributed by atoms with Crippen LogP contribution >= 0.6 is 23.2 Å². The summed E-state index contributed by atoms with van der Waals surface area (Å²) in [6.07, 6.45) is 2.69. The van der Waals surface area contributed by atoms with E-state index in [-0.39, 0.29) is 5.91 Å². The molecule has 4 nitrogen and oxygen atoms in total. The van der Waals surface area contributed by atoms with Crippen LogP contribution in [0.2, 0.25) is 0 Å². The number of hydrogen-bond acceptors (Lipinski definition) is 3. The van der Waals surface area contributed by atoms with Crippen LogP contribution in [0, 0.1) is 12.3 Å². The maximum absolute atomic E-state index is 12.1. The van der Waals surface area contributed by atoms with Crippen LogP contribution in [-0.2, 0) is 11.2 Å². The number of amides is 1. The second kappa shape index (κ2) is 5.84. The fraction of sp³-hybridized carbons (Fsp3) is 0.412. The molecule has 1 N–H and O–H groups in total. The van der Waals surface area contributed by atoms with Gasteiger partial charge >= 0.3 is 0 Å². The van der Waals surface area contributed by atoms with Gasteiger partial charge in [-0.25, -0.2) is 4.98 Å². The lowest BCUT2D eigenvalue weighted by atomic mass is 10.1. The number of aryl methyl sites for hydroxylation is 1. The number of alkyl halides is 2. The topological polar surface area (TPSA) is 55.1 Å². The molecular formula is C17H18Cl2N2O2. The monoisotopic (exact) mass is 352 g/mol. The number of benzene rings is 1. The number of rotatable bonds is 5. The van der Waals surface area contributed by atoms with Gasteiger partial charge < -0.3 is 9.73 Å². The van der Waals surface area contributed by atoms with Gasteiger partial charge in [-0.15, -0.1) is 23.2 Å². The summed E-state index contributed by atoms with van der Waals surface area (Å²) in [5.41, 5.74) is 2.23. The van der Waals surface area contributed by atoms with Crippen molar-refractivity contribution in [2.75, 3.05) is 6.54 Å². The third-order valence-corrected chi connectivity index (χ3v) is 5.38. The van der Waals surface area contributed by atoms with Crippen molar-refractivity contribution in [3.05, 3.63) is 41.8 Å². The van der Waals surface area contributed by atoms with Crippen molar-refractivity contribution in [3.63, 3.8) is 0 Å². The Labute approximate surface area is 145 Å². The van der Waals surface area contributed by atoms with Crippen molar-refractivity contribution in [1.29, 1.82) is 0 Å². The molecule has 1 heterocycles. The number of carbonyl (C=O) groups excluding carboxylic acids is 1. The van der Waals surface area contributed by atoms with Gasteiger partial charge in [0.2, 0.25) is 11.8 Å². The third-order valence-electron chi connectivity index (χ3n) is 4.28. The zero-order chi connectivity index (χ0) is 16.7. The first-order chi connectivity index (χ1) is 10.8. The van der Waals surface area contributed by atoms with E-state index in [0.29, 0.717) is 25.3 Å². The van der Waals surface area contributed by atoms with Gasteiger partial charge in [0.05, 0.1) is 11.1 Å². The van der Waals surface area contributed by atoms with E-state index in [0.717, 1.165) is 11.3 Å². The lowest BCUT2D eigenvalue weighted by Crippen LogP contribution is -2.34.